The minimum atomic E-state index is -3.75. The molecular weight excluding hydrogens is 497 g/mol. The fourth-order valence-electron chi connectivity index (χ4n) is 2.89. The van der Waals surface area contributed by atoms with Gasteiger partial charge in [0.25, 0.3) is 5.91 Å². The van der Waals surface area contributed by atoms with Crippen molar-refractivity contribution in [1.29, 1.82) is 0 Å². The van der Waals surface area contributed by atoms with Gasteiger partial charge in [0.15, 0.2) is 0 Å². The number of amides is 1. The van der Waals surface area contributed by atoms with Crippen molar-refractivity contribution in [2.45, 2.75) is 13.5 Å². The Balaban J connectivity index is 1.55. The van der Waals surface area contributed by atoms with Gasteiger partial charge in [-0.3, -0.25) is 9.10 Å². The lowest BCUT2D eigenvalue weighted by Crippen LogP contribution is -2.39. The van der Waals surface area contributed by atoms with E-state index in [1.807, 2.05) is 31.2 Å². The highest BCUT2D eigenvalue weighted by Gasteiger charge is 2.21. The van der Waals surface area contributed by atoms with Gasteiger partial charge in [0.1, 0.15) is 18.9 Å². The fraction of sp³-hybridized carbons (Fsp3) is 0.167. The van der Waals surface area contributed by atoms with Crippen molar-refractivity contribution in [2.24, 2.45) is 5.10 Å². The third-order valence-electron chi connectivity index (χ3n) is 4.69. The summed E-state index contributed by atoms with van der Waals surface area (Å²) in [7, 11) is -3.75. The second kappa shape index (κ2) is 11.4. The molecule has 3 rings (SSSR count). The van der Waals surface area contributed by atoms with E-state index < -0.39 is 22.5 Å². The molecule has 0 aromatic heterocycles. The number of aryl methyl sites for hydroxylation is 1. The number of rotatable bonds is 9. The van der Waals surface area contributed by atoms with Gasteiger partial charge in [0.2, 0.25) is 10.0 Å². The van der Waals surface area contributed by atoms with Crippen LogP contribution in [-0.4, -0.2) is 33.3 Å². The number of nitrogens with zero attached hydrogens (tertiary/aromatic N) is 2. The maximum atomic E-state index is 12.3. The number of carbonyl (C=O) groups is 1. The number of hydrogen-bond acceptors (Lipinski definition) is 5. The minimum Gasteiger partial charge on any atom is -0.489 e. The lowest BCUT2D eigenvalue weighted by Gasteiger charge is -2.21. The van der Waals surface area contributed by atoms with E-state index >= 15 is 0 Å². The standard InChI is InChI=1S/C24H23Cl2N3O4S/c1-17-3-5-19(6-4-17)16-33-21-10-7-18(8-11-21)14-27-28-24(30)15-29(34(2,31)32)20-9-12-22(25)23(26)13-20/h3-14H,15-16H2,1-2H3,(H,28,30)/b27-14-. The van der Waals surface area contributed by atoms with Gasteiger partial charge in [-0.15, -0.1) is 0 Å². The van der Waals surface area contributed by atoms with Gasteiger partial charge >= 0.3 is 0 Å². The highest BCUT2D eigenvalue weighted by atomic mass is 35.5. The molecule has 1 amide bonds. The van der Waals surface area contributed by atoms with E-state index in [0.717, 1.165) is 21.7 Å². The Hall–Kier alpha value is -3.07. The van der Waals surface area contributed by atoms with E-state index in [1.54, 1.807) is 24.3 Å². The number of sulfonamides is 1. The molecule has 34 heavy (non-hydrogen) atoms. The number of hydrazone groups is 1. The number of ether oxygens (including phenoxy) is 1. The van der Waals surface area contributed by atoms with Gasteiger partial charge in [0, 0.05) is 0 Å². The molecule has 0 saturated heterocycles. The monoisotopic (exact) mass is 519 g/mol. The molecule has 0 radical (unpaired) electrons. The summed E-state index contributed by atoms with van der Waals surface area (Å²) in [6.45, 7) is 2.02. The molecule has 178 valence electrons. The first-order valence-corrected chi connectivity index (χ1v) is 12.8. The molecule has 0 aliphatic rings. The summed E-state index contributed by atoms with van der Waals surface area (Å²) >= 11 is 11.9. The second-order valence-electron chi connectivity index (χ2n) is 7.50. The molecule has 0 aliphatic carbocycles. The number of benzene rings is 3. The molecule has 0 heterocycles. The second-order valence-corrected chi connectivity index (χ2v) is 10.2. The molecule has 1 N–H and O–H groups in total. The summed E-state index contributed by atoms with van der Waals surface area (Å²) in [4.78, 5) is 12.3. The number of anilines is 1. The largest absolute Gasteiger partial charge is 0.489 e. The van der Waals surface area contributed by atoms with Crippen LogP contribution in [0.25, 0.3) is 0 Å². The zero-order chi connectivity index (χ0) is 24.7. The van der Waals surface area contributed by atoms with E-state index in [1.165, 1.54) is 30.0 Å². The summed E-state index contributed by atoms with van der Waals surface area (Å²) in [6, 6.07) is 19.6. The molecule has 0 fully saturated rings. The lowest BCUT2D eigenvalue weighted by atomic mass is 10.2. The van der Waals surface area contributed by atoms with Gasteiger partial charge < -0.3 is 4.74 Å². The van der Waals surface area contributed by atoms with E-state index in [0.29, 0.717) is 12.4 Å². The minimum absolute atomic E-state index is 0.178. The first-order valence-electron chi connectivity index (χ1n) is 10.1. The van der Waals surface area contributed by atoms with Gasteiger partial charge in [-0.1, -0.05) is 53.0 Å². The Kier molecular flexibility index (Phi) is 8.55. The summed E-state index contributed by atoms with van der Waals surface area (Å²) < 4.78 is 31.0. The molecule has 0 bridgehead atoms. The Labute approximate surface area is 209 Å². The lowest BCUT2D eigenvalue weighted by molar-refractivity contribution is -0.119. The molecule has 0 unspecified atom stereocenters. The average molecular weight is 520 g/mol. The summed E-state index contributed by atoms with van der Waals surface area (Å²) in [5, 5.41) is 4.36. The zero-order valence-corrected chi connectivity index (χ0v) is 20.9. The van der Waals surface area contributed by atoms with Crippen LogP contribution in [0.15, 0.2) is 71.8 Å². The van der Waals surface area contributed by atoms with E-state index in [4.69, 9.17) is 27.9 Å². The predicted molar refractivity (Wildman–Crippen MR) is 136 cm³/mol. The molecule has 7 nitrogen and oxygen atoms in total. The number of nitrogens with one attached hydrogen (secondary N) is 1. The number of carbonyl (C=O) groups excluding carboxylic acids is 1. The maximum Gasteiger partial charge on any atom is 0.260 e. The third kappa shape index (κ3) is 7.48. The smallest absolute Gasteiger partial charge is 0.260 e. The molecule has 3 aromatic carbocycles. The summed E-state index contributed by atoms with van der Waals surface area (Å²) in [5.74, 6) is 0.0815. The van der Waals surface area contributed by atoms with Gasteiger partial charge in [-0.05, 0) is 60.5 Å². The topological polar surface area (TPSA) is 88.1 Å². The van der Waals surface area contributed by atoms with Crippen molar-refractivity contribution < 1.29 is 17.9 Å². The van der Waals surface area contributed by atoms with E-state index in [-0.39, 0.29) is 15.7 Å². The Morgan fingerprint density at radius 3 is 2.32 bits per heavy atom. The van der Waals surface area contributed by atoms with Crippen LogP contribution in [0.5, 0.6) is 5.75 Å². The van der Waals surface area contributed by atoms with Gasteiger partial charge in [-0.25, -0.2) is 13.8 Å². The quantitative estimate of drug-likeness (QED) is 0.325. The van der Waals surface area contributed by atoms with Crippen LogP contribution in [0, 0.1) is 6.92 Å². The first kappa shape index (κ1) is 25.6. The highest BCUT2D eigenvalue weighted by molar-refractivity contribution is 7.92. The summed E-state index contributed by atoms with van der Waals surface area (Å²) in [6.07, 6.45) is 2.44. The van der Waals surface area contributed by atoms with E-state index in [2.05, 4.69) is 10.5 Å². The zero-order valence-electron chi connectivity index (χ0n) is 18.5. The fourth-order valence-corrected chi connectivity index (χ4v) is 4.03. The molecule has 0 aliphatic heterocycles. The Morgan fingerprint density at radius 2 is 1.71 bits per heavy atom. The van der Waals surface area contributed by atoms with Gasteiger partial charge in [0.05, 0.1) is 28.2 Å². The Bertz CT molecular complexity index is 1280. The highest BCUT2D eigenvalue weighted by Crippen LogP contribution is 2.28. The van der Waals surface area contributed by atoms with Crippen molar-refractivity contribution in [2.75, 3.05) is 17.1 Å². The van der Waals surface area contributed by atoms with Gasteiger partial charge in [-0.2, -0.15) is 5.10 Å². The average Bonchev–Trinajstić information content (AvgIpc) is 2.79. The van der Waals surface area contributed by atoms with Crippen molar-refractivity contribution in [3.63, 3.8) is 0 Å². The molecule has 10 heteroatoms. The Morgan fingerprint density at radius 1 is 1.03 bits per heavy atom. The molecule has 3 aromatic rings. The number of halogens is 2. The maximum absolute atomic E-state index is 12.3. The van der Waals surface area contributed by atoms with Crippen molar-refractivity contribution in [3.8, 4) is 5.75 Å². The van der Waals surface area contributed by atoms with E-state index in [9.17, 15) is 13.2 Å². The van der Waals surface area contributed by atoms with Crippen LogP contribution in [0.3, 0.4) is 0 Å². The number of hydrogen-bond donors (Lipinski definition) is 1. The van der Waals surface area contributed by atoms with Crippen LogP contribution in [0.4, 0.5) is 5.69 Å². The first-order chi connectivity index (χ1) is 16.1. The van der Waals surface area contributed by atoms with Crippen LogP contribution >= 0.6 is 23.2 Å². The molecule has 0 spiro atoms. The normalized spacial score (nSPS) is 11.4. The molecule has 0 saturated carbocycles. The molecule has 0 atom stereocenters. The van der Waals surface area contributed by atoms with Crippen LogP contribution in [0.2, 0.25) is 10.0 Å². The SMILES string of the molecule is Cc1ccc(COc2ccc(/C=N\NC(=O)CN(c3ccc(Cl)c(Cl)c3)S(C)(=O)=O)cc2)cc1. The van der Waals surface area contributed by atoms with Crippen molar-refractivity contribution >= 4 is 51.0 Å². The van der Waals surface area contributed by atoms with Crippen molar-refractivity contribution in [1.82, 2.24) is 5.43 Å². The molecular formula is C24H23Cl2N3O4S. The predicted octanol–water partition coefficient (Wildman–Crippen LogP) is 4.80. The van der Waals surface area contributed by atoms with Crippen LogP contribution in [-0.2, 0) is 21.4 Å². The third-order valence-corrected chi connectivity index (χ3v) is 6.57. The van der Waals surface area contributed by atoms with Crippen LogP contribution < -0.4 is 14.5 Å². The van der Waals surface area contributed by atoms with Crippen LogP contribution in [0.1, 0.15) is 16.7 Å². The summed E-state index contributed by atoms with van der Waals surface area (Å²) in [5.41, 5.74) is 5.54. The van der Waals surface area contributed by atoms with Crippen molar-refractivity contribution in [3.05, 3.63) is 93.5 Å².